The molecule has 1 fully saturated rings. The van der Waals surface area contributed by atoms with Crippen molar-refractivity contribution in [2.24, 2.45) is 0 Å². The summed E-state index contributed by atoms with van der Waals surface area (Å²) in [5, 5.41) is 7.63. The van der Waals surface area contributed by atoms with E-state index in [0.29, 0.717) is 19.0 Å². The van der Waals surface area contributed by atoms with Gasteiger partial charge in [0.1, 0.15) is 5.76 Å². The molecule has 0 amide bonds. The SMILES string of the molecule is CC(C)c1noc2c1-c1nc(NC3CCN(S(C)(=O)=O)CC3)ncc1CC2. The molecule has 1 saturated heterocycles. The van der Waals surface area contributed by atoms with E-state index < -0.39 is 10.0 Å². The average molecular weight is 391 g/mol. The fourth-order valence-electron chi connectivity index (χ4n) is 3.79. The Bertz CT molecular complexity index is 946. The molecule has 27 heavy (non-hydrogen) atoms. The Balaban J connectivity index is 1.55. The number of sulfonamides is 1. The van der Waals surface area contributed by atoms with Crippen molar-refractivity contribution in [2.45, 2.75) is 51.5 Å². The van der Waals surface area contributed by atoms with Crippen LogP contribution in [0.15, 0.2) is 10.7 Å². The maximum absolute atomic E-state index is 11.7. The molecule has 2 aromatic heterocycles. The molecule has 0 unspecified atom stereocenters. The predicted octanol–water partition coefficient (Wildman–Crippen LogP) is 2.19. The molecule has 2 aliphatic rings. The Morgan fingerprint density at radius 2 is 2.00 bits per heavy atom. The van der Waals surface area contributed by atoms with Gasteiger partial charge >= 0.3 is 0 Å². The number of aryl methyl sites for hydroxylation is 2. The second-order valence-corrected chi connectivity index (χ2v) is 9.65. The van der Waals surface area contributed by atoms with Crippen LogP contribution >= 0.6 is 0 Å². The number of piperidine rings is 1. The van der Waals surface area contributed by atoms with E-state index in [2.05, 4.69) is 29.3 Å². The number of anilines is 1. The smallest absolute Gasteiger partial charge is 0.223 e. The first-order chi connectivity index (χ1) is 12.8. The molecule has 8 nitrogen and oxygen atoms in total. The van der Waals surface area contributed by atoms with Gasteiger partial charge in [-0.1, -0.05) is 19.0 Å². The summed E-state index contributed by atoms with van der Waals surface area (Å²) in [6.07, 6.45) is 6.29. The van der Waals surface area contributed by atoms with Gasteiger partial charge in [0.15, 0.2) is 0 Å². The lowest BCUT2D eigenvalue weighted by atomic mass is 9.91. The number of aromatic nitrogens is 3. The van der Waals surface area contributed by atoms with Gasteiger partial charge in [-0.15, -0.1) is 0 Å². The molecule has 0 radical (unpaired) electrons. The number of hydrogen-bond donors (Lipinski definition) is 1. The lowest BCUT2D eigenvalue weighted by Crippen LogP contribution is -2.42. The van der Waals surface area contributed by atoms with Gasteiger partial charge in [0, 0.05) is 31.7 Å². The van der Waals surface area contributed by atoms with Crippen molar-refractivity contribution in [3.8, 4) is 11.3 Å². The van der Waals surface area contributed by atoms with E-state index in [4.69, 9.17) is 9.51 Å². The minimum Gasteiger partial charge on any atom is -0.360 e. The molecule has 3 heterocycles. The van der Waals surface area contributed by atoms with E-state index in [1.807, 2.05) is 6.20 Å². The van der Waals surface area contributed by atoms with E-state index in [9.17, 15) is 8.42 Å². The number of nitrogens with zero attached hydrogens (tertiary/aromatic N) is 4. The van der Waals surface area contributed by atoms with Crippen LogP contribution < -0.4 is 5.32 Å². The van der Waals surface area contributed by atoms with E-state index in [0.717, 1.165) is 54.0 Å². The van der Waals surface area contributed by atoms with Gasteiger partial charge in [0.2, 0.25) is 16.0 Å². The second-order valence-electron chi connectivity index (χ2n) is 7.67. The van der Waals surface area contributed by atoms with Crippen LogP contribution in [-0.2, 0) is 22.9 Å². The molecule has 1 aliphatic carbocycles. The molecule has 0 spiro atoms. The second kappa shape index (κ2) is 6.87. The number of hydrogen-bond acceptors (Lipinski definition) is 7. The molecule has 0 bridgehead atoms. The number of fused-ring (bicyclic) bond motifs is 3. The summed E-state index contributed by atoms with van der Waals surface area (Å²) in [6.45, 7) is 5.24. The minimum absolute atomic E-state index is 0.163. The monoisotopic (exact) mass is 391 g/mol. The molecule has 0 saturated carbocycles. The van der Waals surface area contributed by atoms with Gasteiger partial charge in [-0.05, 0) is 30.7 Å². The van der Waals surface area contributed by atoms with Crippen molar-refractivity contribution in [1.29, 1.82) is 0 Å². The van der Waals surface area contributed by atoms with Crippen LogP contribution in [0.25, 0.3) is 11.3 Å². The van der Waals surface area contributed by atoms with Gasteiger partial charge in [0.25, 0.3) is 0 Å². The van der Waals surface area contributed by atoms with Crippen LogP contribution in [0.1, 0.15) is 49.6 Å². The van der Waals surface area contributed by atoms with Crippen LogP contribution in [0, 0.1) is 0 Å². The Morgan fingerprint density at radius 1 is 1.26 bits per heavy atom. The van der Waals surface area contributed by atoms with Crippen LogP contribution in [0.2, 0.25) is 0 Å². The van der Waals surface area contributed by atoms with Gasteiger partial charge in [0.05, 0.1) is 23.2 Å². The standard InChI is InChI=1S/C18H25N5O3S/c1-11(2)16-15-14(26-22-16)5-4-12-10-19-18(21-17(12)15)20-13-6-8-23(9-7-13)27(3,24)25/h10-11,13H,4-9H2,1-3H3,(H,19,20,21). The highest BCUT2D eigenvalue weighted by Crippen LogP contribution is 2.37. The van der Waals surface area contributed by atoms with Crippen molar-refractivity contribution in [1.82, 2.24) is 19.4 Å². The first kappa shape index (κ1) is 18.4. The van der Waals surface area contributed by atoms with Crippen LogP contribution in [0.4, 0.5) is 5.95 Å². The third-order valence-corrected chi connectivity index (χ3v) is 6.62. The summed E-state index contributed by atoms with van der Waals surface area (Å²) in [5.74, 6) is 1.74. The molecule has 146 valence electrons. The molecule has 0 atom stereocenters. The fraction of sp³-hybridized carbons (Fsp3) is 0.611. The largest absolute Gasteiger partial charge is 0.360 e. The first-order valence-electron chi connectivity index (χ1n) is 9.39. The quantitative estimate of drug-likeness (QED) is 0.852. The summed E-state index contributed by atoms with van der Waals surface area (Å²) in [5.41, 5.74) is 3.98. The summed E-state index contributed by atoms with van der Waals surface area (Å²) >= 11 is 0. The van der Waals surface area contributed by atoms with Gasteiger partial charge in [-0.25, -0.2) is 22.7 Å². The summed E-state index contributed by atoms with van der Waals surface area (Å²) in [4.78, 5) is 9.26. The molecule has 2 aromatic rings. The lowest BCUT2D eigenvalue weighted by Gasteiger charge is -2.30. The van der Waals surface area contributed by atoms with Crippen molar-refractivity contribution >= 4 is 16.0 Å². The highest BCUT2D eigenvalue weighted by Gasteiger charge is 2.29. The fourth-order valence-corrected chi connectivity index (χ4v) is 4.67. The van der Waals surface area contributed by atoms with Crippen LogP contribution in [-0.4, -0.2) is 53.2 Å². The zero-order valence-electron chi connectivity index (χ0n) is 15.9. The highest BCUT2D eigenvalue weighted by molar-refractivity contribution is 7.88. The van der Waals surface area contributed by atoms with Crippen LogP contribution in [0.3, 0.4) is 0 Å². The van der Waals surface area contributed by atoms with E-state index in [-0.39, 0.29) is 12.0 Å². The number of nitrogens with one attached hydrogen (secondary N) is 1. The van der Waals surface area contributed by atoms with Gasteiger partial charge in [-0.3, -0.25) is 0 Å². The van der Waals surface area contributed by atoms with Crippen molar-refractivity contribution in [2.75, 3.05) is 24.7 Å². The normalized spacial score (nSPS) is 18.4. The Hall–Kier alpha value is -2.00. The molecule has 1 aliphatic heterocycles. The van der Waals surface area contributed by atoms with Crippen LogP contribution in [0.5, 0.6) is 0 Å². The molecule has 0 aromatic carbocycles. The summed E-state index contributed by atoms with van der Waals surface area (Å²) in [7, 11) is -3.12. The first-order valence-corrected chi connectivity index (χ1v) is 11.2. The number of rotatable bonds is 4. The third-order valence-electron chi connectivity index (χ3n) is 5.31. The average Bonchev–Trinajstić information content (AvgIpc) is 3.06. The lowest BCUT2D eigenvalue weighted by molar-refractivity contribution is 0.331. The third kappa shape index (κ3) is 3.58. The van der Waals surface area contributed by atoms with Crippen molar-refractivity contribution in [3.05, 3.63) is 23.2 Å². The van der Waals surface area contributed by atoms with E-state index in [1.54, 1.807) is 0 Å². The Kier molecular flexibility index (Phi) is 4.67. The highest BCUT2D eigenvalue weighted by atomic mass is 32.2. The van der Waals surface area contributed by atoms with Crippen molar-refractivity contribution < 1.29 is 12.9 Å². The topological polar surface area (TPSA) is 101 Å². The molecule has 9 heteroatoms. The summed E-state index contributed by atoms with van der Waals surface area (Å²) < 4.78 is 30.4. The maximum atomic E-state index is 11.7. The van der Waals surface area contributed by atoms with E-state index >= 15 is 0 Å². The Labute approximate surface area is 159 Å². The van der Waals surface area contributed by atoms with Gasteiger partial charge in [-0.2, -0.15) is 0 Å². The molecule has 4 rings (SSSR count). The zero-order chi connectivity index (χ0) is 19.2. The Morgan fingerprint density at radius 3 is 2.67 bits per heavy atom. The summed E-state index contributed by atoms with van der Waals surface area (Å²) in [6, 6.07) is 0.163. The molecule has 1 N–H and O–H groups in total. The predicted molar refractivity (Wildman–Crippen MR) is 102 cm³/mol. The molecular weight excluding hydrogens is 366 g/mol. The molecular formula is C18H25N5O3S. The van der Waals surface area contributed by atoms with E-state index in [1.165, 1.54) is 10.6 Å². The maximum Gasteiger partial charge on any atom is 0.223 e. The zero-order valence-corrected chi connectivity index (χ0v) is 16.7. The minimum atomic E-state index is -3.12. The van der Waals surface area contributed by atoms with Gasteiger partial charge < -0.3 is 9.84 Å². The van der Waals surface area contributed by atoms with Crippen molar-refractivity contribution in [3.63, 3.8) is 0 Å².